The summed E-state index contributed by atoms with van der Waals surface area (Å²) in [6.45, 7) is 4.79. The normalized spacial score (nSPS) is 18.6. The monoisotopic (exact) mass is 296 g/mol. The number of aryl methyl sites for hydroxylation is 1. The Balaban J connectivity index is 2.07. The van der Waals surface area contributed by atoms with Crippen LogP contribution in [0.1, 0.15) is 17.4 Å². The van der Waals surface area contributed by atoms with Crippen LogP contribution >= 0.6 is 22.9 Å². The van der Waals surface area contributed by atoms with Crippen molar-refractivity contribution in [3.8, 4) is 6.07 Å². The Morgan fingerprint density at radius 1 is 1.53 bits per heavy atom. The van der Waals surface area contributed by atoms with Gasteiger partial charge < -0.3 is 4.74 Å². The highest BCUT2D eigenvalue weighted by Crippen LogP contribution is 2.31. The van der Waals surface area contributed by atoms with E-state index in [9.17, 15) is 5.26 Å². The number of fused-ring (bicyclic) bond motifs is 1. The molecule has 2 aromatic heterocycles. The molecule has 0 spiro atoms. The molecule has 1 aliphatic rings. The fraction of sp³-hybridized carbons (Fsp3) is 0.500. The minimum absolute atomic E-state index is 0.375. The number of halogens is 1. The summed E-state index contributed by atoms with van der Waals surface area (Å²) in [4.78, 5) is 7.27. The second-order valence-electron chi connectivity index (χ2n) is 4.46. The molecular formula is C12H13ClN4OS. The van der Waals surface area contributed by atoms with Gasteiger partial charge in [-0.05, 0) is 6.92 Å². The summed E-state index contributed by atoms with van der Waals surface area (Å²) in [6.07, 6.45) is 0. The highest BCUT2D eigenvalue weighted by Gasteiger charge is 2.28. The van der Waals surface area contributed by atoms with Crippen molar-refractivity contribution in [2.75, 3.05) is 26.3 Å². The molecule has 1 unspecified atom stereocenters. The Morgan fingerprint density at radius 3 is 2.95 bits per heavy atom. The molecule has 3 rings (SSSR count). The molecule has 100 valence electrons. The number of nitriles is 1. The molecule has 0 amide bonds. The van der Waals surface area contributed by atoms with Crippen molar-refractivity contribution in [3.05, 3.63) is 21.9 Å². The molecule has 0 saturated carbocycles. The van der Waals surface area contributed by atoms with Crippen LogP contribution in [0, 0.1) is 18.3 Å². The molecule has 0 radical (unpaired) electrons. The molecule has 0 N–H and O–H groups in total. The lowest BCUT2D eigenvalue weighted by molar-refractivity contribution is 0.0258. The zero-order valence-electron chi connectivity index (χ0n) is 10.5. The van der Waals surface area contributed by atoms with Crippen molar-refractivity contribution in [1.29, 1.82) is 5.26 Å². The molecule has 0 aromatic carbocycles. The zero-order chi connectivity index (χ0) is 13.4. The molecule has 0 bridgehead atoms. The number of hydrogen-bond acceptors (Lipinski definition) is 5. The number of imidazole rings is 1. The smallest absolute Gasteiger partial charge is 0.195 e. The largest absolute Gasteiger partial charge is 0.379 e. The third kappa shape index (κ3) is 2.13. The summed E-state index contributed by atoms with van der Waals surface area (Å²) in [6, 6.07) is 1.98. The molecule has 7 heteroatoms. The van der Waals surface area contributed by atoms with Crippen LogP contribution in [-0.4, -0.2) is 40.6 Å². The van der Waals surface area contributed by atoms with Gasteiger partial charge in [-0.25, -0.2) is 4.98 Å². The van der Waals surface area contributed by atoms with Gasteiger partial charge in [0.25, 0.3) is 0 Å². The van der Waals surface area contributed by atoms with E-state index in [1.165, 1.54) is 11.3 Å². The predicted octanol–water partition coefficient (Wildman–Crippen LogP) is 2.25. The molecule has 1 atom stereocenters. The maximum Gasteiger partial charge on any atom is 0.195 e. The summed E-state index contributed by atoms with van der Waals surface area (Å²) in [5, 5.41) is 12.0. The van der Waals surface area contributed by atoms with Crippen molar-refractivity contribution in [1.82, 2.24) is 14.3 Å². The molecule has 2 aromatic rings. The van der Waals surface area contributed by atoms with Gasteiger partial charge in [-0.2, -0.15) is 5.26 Å². The minimum atomic E-state index is -0.375. The van der Waals surface area contributed by atoms with E-state index in [4.69, 9.17) is 16.3 Å². The topological polar surface area (TPSA) is 53.6 Å². The number of nitrogens with zero attached hydrogens (tertiary/aromatic N) is 4. The number of rotatable bonds is 2. The summed E-state index contributed by atoms with van der Waals surface area (Å²) in [7, 11) is 0. The number of aromatic nitrogens is 2. The lowest BCUT2D eigenvalue weighted by atomic mass is 10.2. The molecule has 19 heavy (non-hydrogen) atoms. The van der Waals surface area contributed by atoms with Crippen molar-refractivity contribution in [3.63, 3.8) is 0 Å². The predicted molar refractivity (Wildman–Crippen MR) is 73.6 cm³/mol. The highest BCUT2D eigenvalue weighted by atomic mass is 35.5. The van der Waals surface area contributed by atoms with E-state index in [1.807, 2.05) is 16.7 Å². The van der Waals surface area contributed by atoms with E-state index >= 15 is 0 Å². The van der Waals surface area contributed by atoms with E-state index in [2.05, 4.69) is 16.0 Å². The Bertz CT molecular complexity index is 638. The first-order chi connectivity index (χ1) is 9.22. The van der Waals surface area contributed by atoms with Crippen LogP contribution in [0.4, 0.5) is 0 Å². The Kier molecular flexibility index (Phi) is 3.46. The van der Waals surface area contributed by atoms with Crippen molar-refractivity contribution in [2.24, 2.45) is 0 Å². The van der Waals surface area contributed by atoms with E-state index < -0.39 is 0 Å². The van der Waals surface area contributed by atoms with Crippen molar-refractivity contribution in [2.45, 2.75) is 13.0 Å². The lowest BCUT2D eigenvalue weighted by Crippen LogP contribution is -2.39. The Hall–Kier alpha value is -1.13. The first kappa shape index (κ1) is 12.9. The van der Waals surface area contributed by atoms with Crippen LogP contribution in [0.3, 0.4) is 0 Å². The summed E-state index contributed by atoms with van der Waals surface area (Å²) < 4.78 is 7.32. The van der Waals surface area contributed by atoms with Crippen molar-refractivity contribution >= 4 is 27.9 Å². The lowest BCUT2D eigenvalue weighted by Gasteiger charge is -2.30. The van der Waals surface area contributed by atoms with Gasteiger partial charge in [0.2, 0.25) is 0 Å². The molecule has 3 heterocycles. The van der Waals surface area contributed by atoms with Crippen LogP contribution in [0.5, 0.6) is 0 Å². The molecule has 1 fully saturated rings. The third-order valence-electron chi connectivity index (χ3n) is 3.32. The van der Waals surface area contributed by atoms with Gasteiger partial charge in [-0.15, -0.1) is 11.3 Å². The first-order valence-corrected chi connectivity index (χ1v) is 7.31. The maximum atomic E-state index is 9.53. The second-order valence-corrected chi connectivity index (χ2v) is 5.66. The number of ether oxygens (including phenoxy) is 1. The van der Waals surface area contributed by atoms with Crippen molar-refractivity contribution < 1.29 is 4.74 Å². The van der Waals surface area contributed by atoms with E-state index in [1.54, 1.807) is 0 Å². The van der Waals surface area contributed by atoms with Gasteiger partial charge in [0.1, 0.15) is 6.04 Å². The first-order valence-electron chi connectivity index (χ1n) is 6.05. The second kappa shape index (κ2) is 5.10. The van der Waals surface area contributed by atoms with E-state index in [0.29, 0.717) is 18.4 Å². The van der Waals surface area contributed by atoms with Crippen LogP contribution < -0.4 is 0 Å². The minimum Gasteiger partial charge on any atom is -0.379 e. The number of morpholine rings is 1. The Labute approximate surface area is 120 Å². The number of hydrogen-bond donors (Lipinski definition) is 0. The average molecular weight is 297 g/mol. The van der Waals surface area contributed by atoms with Crippen LogP contribution in [0.15, 0.2) is 5.38 Å². The van der Waals surface area contributed by atoms with Gasteiger partial charge in [0.15, 0.2) is 10.1 Å². The summed E-state index contributed by atoms with van der Waals surface area (Å²) in [5.41, 5.74) is 1.84. The Morgan fingerprint density at radius 2 is 2.26 bits per heavy atom. The third-order valence-corrected chi connectivity index (χ3v) is 4.54. The fourth-order valence-electron chi connectivity index (χ4n) is 2.38. The van der Waals surface area contributed by atoms with Gasteiger partial charge >= 0.3 is 0 Å². The molecule has 1 aliphatic heterocycles. The zero-order valence-corrected chi connectivity index (χ0v) is 12.0. The fourth-order valence-corrected chi connectivity index (χ4v) is 3.57. The van der Waals surface area contributed by atoms with Crippen LogP contribution in [0.25, 0.3) is 4.96 Å². The SMILES string of the molecule is Cc1csc2nc(Cl)c(C(C#N)N3CCOCC3)n12. The van der Waals surface area contributed by atoms with Gasteiger partial charge in [-0.1, -0.05) is 11.6 Å². The summed E-state index contributed by atoms with van der Waals surface area (Å²) in [5.74, 6) is 0. The van der Waals surface area contributed by atoms with Gasteiger partial charge in [0, 0.05) is 24.2 Å². The highest BCUT2D eigenvalue weighted by molar-refractivity contribution is 7.15. The average Bonchev–Trinajstić information content (AvgIpc) is 2.93. The molecule has 5 nitrogen and oxygen atoms in total. The molecule has 0 aliphatic carbocycles. The quantitative estimate of drug-likeness (QED) is 0.853. The van der Waals surface area contributed by atoms with E-state index in [-0.39, 0.29) is 6.04 Å². The standard InChI is InChI=1S/C12H13ClN4OS/c1-8-7-19-12-15-11(13)10(17(8)12)9(6-14)16-2-4-18-5-3-16/h7,9H,2-5H2,1H3. The van der Waals surface area contributed by atoms with Gasteiger partial charge in [0.05, 0.1) is 25.0 Å². The van der Waals surface area contributed by atoms with E-state index in [0.717, 1.165) is 29.4 Å². The number of thiazole rings is 1. The maximum absolute atomic E-state index is 9.53. The van der Waals surface area contributed by atoms with Gasteiger partial charge in [-0.3, -0.25) is 9.30 Å². The summed E-state index contributed by atoms with van der Waals surface area (Å²) >= 11 is 7.78. The molecular weight excluding hydrogens is 284 g/mol. The van der Waals surface area contributed by atoms with Crippen LogP contribution in [-0.2, 0) is 4.74 Å². The van der Waals surface area contributed by atoms with Crippen LogP contribution in [0.2, 0.25) is 5.15 Å². The molecule has 1 saturated heterocycles.